The van der Waals surface area contributed by atoms with E-state index in [1.165, 1.54) is 17.3 Å². The summed E-state index contributed by atoms with van der Waals surface area (Å²) < 4.78 is 12.7. The van der Waals surface area contributed by atoms with Crippen LogP contribution in [0.1, 0.15) is 19.9 Å². The van der Waals surface area contributed by atoms with Crippen LogP contribution >= 0.6 is 0 Å². The molecule has 116 valence electrons. The van der Waals surface area contributed by atoms with Gasteiger partial charge in [0.15, 0.2) is 6.29 Å². The van der Waals surface area contributed by atoms with E-state index in [0.29, 0.717) is 6.61 Å². The van der Waals surface area contributed by atoms with Crippen LogP contribution in [0.3, 0.4) is 0 Å². The number of urea groups is 1. The molecule has 0 aromatic carbocycles. The number of aromatic nitrogens is 3. The lowest BCUT2D eigenvalue weighted by Crippen LogP contribution is -2.60. The minimum atomic E-state index is -0.879. The van der Waals surface area contributed by atoms with Crippen molar-refractivity contribution < 1.29 is 19.4 Å². The third kappa shape index (κ3) is 2.71. The number of carbonyl (C=O) groups is 1. The molecule has 0 saturated carbocycles. The number of rotatable bonds is 3. The topological polar surface area (TPSA) is 111 Å². The highest BCUT2D eigenvalue weighted by Gasteiger charge is 2.51. The standard InChI is InChI=1S/C12H19N5O4/c1-6(2)15-12(19)16-8-7-3-20-11(21-7)9(10(8)18)17-5-13-4-14-17/h4-11,18H,3H2,1-2H3,(H2,15,16,19)/t7-,8-,9-,10+,11-/m1/s1. The van der Waals surface area contributed by atoms with Gasteiger partial charge < -0.3 is 25.2 Å². The SMILES string of the molecule is CC(C)NC(=O)N[C@H]1[C@H](O)[C@@H](n2cncn2)[C@@H]2OC[C@H]1O2. The molecule has 2 aliphatic heterocycles. The van der Waals surface area contributed by atoms with Crippen molar-refractivity contribution in [2.75, 3.05) is 6.61 Å². The number of nitrogens with zero attached hydrogens (tertiary/aromatic N) is 3. The fourth-order valence-electron chi connectivity index (χ4n) is 2.69. The number of amides is 2. The Labute approximate surface area is 121 Å². The predicted molar refractivity (Wildman–Crippen MR) is 70.3 cm³/mol. The first-order valence-corrected chi connectivity index (χ1v) is 6.92. The molecule has 9 heteroatoms. The van der Waals surface area contributed by atoms with Crippen molar-refractivity contribution in [1.29, 1.82) is 0 Å². The van der Waals surface area contributed by atoms with Gasteiger partial charge in [-0.05, 0) is 13.8 Å². The quantitative estimate of drug-likeness (QED) is 0.661. The van der Waals surface area contributed by atoms with Crippen LogP contribution in [0.15, 0.2) is 12.7 Å². The van der Waals surface area contributed by atoms with Crippen LogP contribution in [0, 0.1) is 0 Å². The summed E-state index contributed by atoms with van der Waals surface area (Å²) in [7, 11) is 0. The second kappa shape index (κ2) is 5.58. The third-order valence-electron chi connectivity index (χ3n) is 3.59. The predicted octanol–water partition coefficient (Wildman–Crippen LogP) is -0.989. The molecule has 3 heterocycles. The summed E-state index contributed by atoms with van der Waals surface area (Å²) in [4.78, 5) is 15.7. The van der Waals surface area contributed by atoms with Gasteiger partial charge in [0, 0.05) is 6.04 Å². The Bertz CT molecular complexity index is 494. The van der Waals surface area contributed by atoms with Gasteiger partial charge in [-0.2, -0.15) is 5.10 Å². The maximum Gasteiger partial charge on any atom is 0.315 e. The number of hydrogen-bond acceptors (Lipinski definition) is 6. The number of carbonyl (C=O) groups excluding carboxylic acids is 1. The number of nitrogens with one attached hydrogen (secondary N) is 2. The molecule has 0 unspecified atom stereocenters. The average molecular weight is 297 g/mol. The Balaban J connectivity index is 1.76. The van der Waals surface area contributed by atoms with E-state index in [-0.39, 0.29) is 18.2 Å². The van der Waals surface area contributed by atoms with Crippen LogP contribution in [0.4, 0.5) is 4.79 Å². The molecule has 2 fully saturated rings. The zero-order valence-corrected chi connectivity index (χ0v) is 11.8. The smallest absolute Gasteiger partial charge is 0.315 e. The molecule has 21 heavy (non-hydrogen) atoms. The molecule has 3 rings (SSSR count). The van der Waals surface area contributed by atoms with Gasteiger partial charge in [-0.3, -0.25) is 0 Å². The van der Waals surface area contributed by atoms with Crippen LogP contribution < -0.4 is 10.6 Å². The summed E-state index contributed by atoms with van der Waals surface area (Å²) >= 11 is 0. The second-order valence-corrected chi connectivity index (χ2v) is 5.53. The van der Waals surface area contributed by atoms with Gasteiger partial charge in [-0.1, -0.05) is 0 Å². The van der Waals surface area contributed by atoms with Crippen molar-refractivity contribution in [3.63, 3.8) is 0 Å². The number of ether oxygens (including phenoxy) is 2. The fraction of sp³-hybridized carbons (Fsp3) is 0.750. The van der Waals surface area contributed by atoms with Gasteiger partial charge in [0.2, 0.25) is 0 Å². The molecule has 9 nitrogen and oxygen atoms in total. The van der Waals surface area contributed by atoms with E-state index in [2.05, 4.69) is 20.7 Å². The summed E-state index contributed by atoms with van der Waals surface area (Å²) in [5.41, 5.74) is 0. The van der Waals surface area contributed by atoms with E-state index in [1.54, 1.807) is 0 Å². The van der Waals surface area contributed by atoms with Crippen LogP contribution in [0.25, 0.3) is 0 Å². The molecule has 1 aromatic rings. The third-order valence-corrected chi connectivity index (χ3v) is 3.59. The Morgan fingerprint density at radius 1 is 1.52 bits per heavy atom. The normalized spacial score (nSPS) is 35.0. The van der Waals surface area contributed by atoms with Crippen LogP contribution in [-0.4, -0.2) is 63.1 Å². The average Bonchev–Trinajstić information content (AvgIpc) is 3.05. The number of hydrogen-bond donors (Lipinski definition) is 3. The Morgan fingerprint density at radius 2 is 2.33 bits per heavy atom. The molecule has 3 N–H and O–H groups in total. The Morgan fingerprint density at radius 3 is 3.00 bits per heavy atom. The van der Waals surface area contributed by atoms with Crippen molar-refractivity contribution in [2.45, 2.75) is 50.5 Å². The van der Waals surface area contributed by atoms with Gasteiger partial charge in [0.1, 0.15) is 30.9 Å². The lowest BCUT2D eigenvalue weighted by molar-refractivity contribution is -0.166. The Hall–Kier alpha value is -1.71. The molecule has 2 aliphatic rings. The molecule has 0 aliphatic carbocycles. The van der Waals surface area contributed by atoms with E-state index in [1.807, 2.05) is 13.8 Å². The molecular formula is C12H19N5O4. The van der Waals surface area contributed by atoms with E-state index >= 15 is 0 Å². The monoisotopic (exact) mass is 297 g/mol. The zero-order chi connectivity index (χ0) is 15.0. The van der Waals surface area contributed by atoms with Gasteiger partial charge >= 0.3 is 6.03 Å². The van der Waals surface area contributed by atoms with Crippen LogP contribution in [0.2, 0.25) is 0 Å². The highest BCUT2D eigenvalue weighted by atomic mass is 16.7. The van der Waals surface area contributed by atoms with Crippen LogP contribution in [-0.2, 0) is 9.47 Å². The molecule has 2 bridgehead atoms. The van der Waals surface area contributed by atoms with Crippen molar-refractivity contribution >= 4 is 6.03 Å². The van der Waals surface area contributed by atoms with Crippen molar-refractivity contribution in [1.82, 2.24) is 25.4 Å². The second-order valence-electron chi connectivity index (χ2n) is 5.53. The summed E-state index contributed by atoms with van der Waals surface area (Å²) in [5.74, 6) is 0. The lowest BCUT2D eigenvalue weighted by Gasteiger charge is -2.38. The largest absolute Gasteiger partial charge is 0.388 e. The van der Waals surface area contributed by atoms with E-state index < -0.39 is 24.5 Å². The van der Waals surface area contributed by atoms with Gasteiger partial charge in [-0.15, -0.1) is 0 Å². The molecule has 5 atom stereocenters. The fourth-order valence-corrected chi connectivity index (χ4v) is 2.69. The molecule has 1 aromatic heterocycles. The van der Waals surface area contributed by atoms with Crippen LogP contribution in [0.5, 0.6) is 0 Å². The van der Waals surface area contributed by atoms with Crippen molar-refractivity contribution in [3.8, 4) is 0 Å². The van der Waals surface area contributed by atoms with E-state index in [9.17, 15) is 9.90 Å². The molecular weight excluding hydrogens is 278 g/mol. The van der Waals surface area contributed by atoms with Crippen molar-refractivity contribution in [2.24, 2.45) is 0 Å². The van der Waals surface area contributed by atoms with Gasteiger partial charge in [0.25, 0.3) is 0 Å². The zero-order valence-electron chi connectivity index (χ0n) is 11.8. The number of aliphatic hydroxyl groups is 1. The first kappa shape index (κ1) is 14.2. The lowest BCUT2D eigenvalue weighted by atomic mass is 9.96. The molecule has 0 radical (unpaired) electrons. The number of aliphatic hydroxyl groups excluding tert-OH is 1. The van der Waals surface area contributed by atoms with Crippen molar-refractivity contribution in [3.05, 3.63) is 12.7 Å². The summed E-state index contributed by atoms with van der Waals surface area (Å²) in [6.07, 6.45) is 1.03. The van der Waals surface area contributed by atoms with Gasteiger partial charge in [0.05, 0.1) is 12.6 Å². The highest BCUT2D eigenvalue weighted by molar-refractivity contribution is 5.74. The minimum Gasteiger partial charge on any atom is -0.388 e. The minimum absolute atomic E-state index is 0.00495. The van der Waals surface area contributed by atoms with Gasteiger partial charge in [-0.25, -0.2) is 14.5 Å². The molecule has 2 saturated heterocycles. The molecule has 2 amide bonds. The Kier molecular flexibility index (Phi) is 3.79. The summed E-state index contributed by atoms with van der Waals surface area (Å²) in [6.45, 7) is 4.04. The number of fused-ring (bicyclic) bond motifs is 2. The maximum absolute atomic E-state index is 11.9. The highest BCUT2D eigenvalue weighted by Crippen LogP contribution is 2.35. The first-order valence-electron chi connectivity index (χ1n) is 6.92. The van der Waals surface area contributed by atoms with E-state index in [4.69, 9.17) is 9.47 Å². The summed E-state index contributed by atoms with van der Waals surface area (Å²) in [6, 6.07) is -1.46. The first-order chi connectivity index (χ1) is 10.1. The van der Waals surface area contributed by atoms with E-state index in [0.717, 1.165) is 0 Å². The maximum atomic E-state index is 11.9. The molecule has 0 spiro atoms. The summed E-state index contributed by atoms with van der Waals surface area (Å²) in [5, 5.41) is 20.1.